The number of ether oxygens (including phenoxy) is 1. The van der Waals surface area contributed by atoms with Crippen LogP contribution in [0.4, 0.5) is 10.5 Å². The van der Waals surface area contributed by atoms with Crippen molar-refractivity contribution in [2.45, 2.75) is 36.3 Å². The third-order valence-electron chi connectivity index (χ3n) is 4.96. The highest BCUT2D eigenvalue weighted by Gasteiger charge is 2.40. The first-order chi connectivity index (χ1) is 13.1. The molecule has 1 fully saturated rings. The summed E-state index contributed by atoms with van der Waals surface area (Å²) in [6, 6.07) is 13.7. The van der Waals surface area contributed by atoms with Gasteiger partial charge in [0.05, 0.1) is 12.0 Å². The number of nitrogens with zero attached hydrogens (tertiary/aromatic N) is 1. The lowest BCUT2D eigenvalue weighted by Crippen LogP contribution is -2.58. The van der Waals surface area contributed by atoms with Crippen molar-refractivity contribution in [3.8, 4) is 5.75 Å². The Morgan fingerprint density at radius 1 is 1.04 bits per heavy atom. The number of hydrogen-bond acceptors (Lipinski definition) is 4. The van der Waals surface area contributed by atoms with Gasteiger partial charge in [-0.05, 0) is 47.4 Å². The van der Waals surface area contributed by atoms with Crippen LogP contribution < -0.4 is 10.1 Å². The molecular formula is C21H26N2O4S. The van der Waals surface area contributed by atoms with E-state index in [-0.39, 0.29) is 29.4 Å². The molecule has 2 amide bonds. The molecule has 0 unspecified atom stereocenters. The molecule has 1 N–H and O–H groups in total. The molecule has 0 aromatic heterocycles. The van der Waals surface area contributed by atoms with Gasteiger partial charge >= 0.3 is 6.03 Å². The smallest absolute Gasteiger partial charge is 0.321 e. The molecule has 2 aromatic rings. The molecule has 0 saturated carbocycles. The molecule has 0 atom stereocenters. The van der Waals surface area contributed by atoms with Gasteiger partial charge in [0.1, 0.15) is 11.0 Å². The predicted octanol–water partition coefficient (Wildman–Crippen LogP) is 3.68. The van der Waals surface area contributed by atoms with Gasteiger partial charge in [-0.1, -0.05) is 32.9 Å². The standard InChI is InChI=1S/C21H26N2O4S/c1-21(2,3)15-5-7-16(8-6-15)22-20(24)23-13-19(14-23)28(25,26)18-11-9-17(27-4)10-12-18/h5-12,19H,13-14H2,1-4H3,(H,22,24). The van der Waals surface area contributed by atoms with Gasteiger partial charge in [-0.15, -0.1) is 0 Å². The summed E-state index contributed by atoms with van der Waals surface area (Å²) in [5, 5.41) is 2.24. The molecule has 2 aromatic carbocycles. The van der Waals surface area contributed by atoms with E-state index in [0.717, 1.165) is 0 Å². The number of carbonyl (C=O) groups excluding carboxylic acids is 1. The van der Waals surface area contributed by atoms with E-state index < -0.39 is 15.1 Å². The molecule has 6 nitrogen and oxygen atoms in total. The number of hydrogen-bond donors (Lipinski definition) is 1. The topological polar surface area (TPSA) is 75.7 Å². The Hall–Kier alpha value is -2.54. The molecule has 3 rings (SSSR count). The van der Waals surface area contributed by atoms with Crippen LogP contribution in [-0.4, -0.2) is 44.8 Å². The molecule has 1 aliphatic heterocycles. The highest BCUT2D eigenvalue weighted by atomic mass is 32.2. The quantitative estimate of drug-likeness (QED) is 0.846. The van der Waals surface area contributed by atoms with Gasteiger partial charge in [0.25, 0.3) is 0 Å². The second kappa shape index (κ2) is 7.47. The van der Waals surface area contributed by atoms with Crippen LogP contribution in [0.15, 0.2) is 53.4 Å². The number of rotatable bonds is 4. The van der Waals surface area contributed by atoms with Crippen LogP contribution in [0.2, 0.25) is 0 Å². The molecule has 0 aliphatic carbocycles. The largest absolute Gasteiger partial charge is 0.497 e. The fourth-order valence-corrected chi connectivity index (χ4v) is 4.67. The van der Waals surface area contributed by atoms with Crippen molar-refractivity contribution in [2.75, 3.05) is 25.5 Å². The summed E-state index contributed by atoms with van der Waals surface area (Å²) in [6.45, 7) is 6.75. The van der Waals surface area contributed by atoms with Gasteiger partial charge in [0.15, 0.2) is 9.84 Å². The number of sulfone groups is 1. The zero-order chi connectivity index (χ0) is 20.5. The minimum Gasteiger partial charge on any atom is -0.497 e. The number of carbonyl (C=O) groups is 1. The van der Waals surface area contributed by atoms with Crippen LogP contribution >= 0.6 is 0 Å². The fraction of sp³-hybridized carbons (Fsp3) is 0.381. The van der Waals surface area contributed by atoms with Gasteiger partial charge in [-0.3, -0.25) is 0 Å². The van der Waals surface area contributed by atoms with Crippen LogP contribution in [0.3, 0.4) is 0 Å². The predicted molar refractivity (Wildman–Crippen MR) is 110 cm³/mol. The minimum absolute atomic E-state index is 0.0447. The zero-order valence-corrected chi connectivity index (χ0v) is 17.4. The summed E-state index contributed by atoms with van der Waals surface area (Å²) in [6.07, 6.45) is 0. The van der Waals surface area contributed by atoms with E-state index in [1.165, 1.54) is 29.7 Å². The lowest BCUT2D eigenvalue weighted by molar-refractivity contribution is 0.182. The Bertz CT molecular complexity index is 939. The molecule has 28 heavy (non-hydrogen) atoms. The molecule has 0 bridgehead atoms. The lowest BCUT2D eigenvalue weighted by atomic mass is 9.87. The second-order valence-electron chi connectivity index (χ2n) is 8.01. The van der Waals surface area contributed by atoms with E-state index in [2.05, 4.69) is 26.1 Å². The van der Waals surface area contributed by atoms with Crippen molar-refractivity contribution >= 4 is 21.6 Å². The van der Waals surface area contributed by atoms with Crippen molar-refractivity contribution in [2.24, 2.45) is 0 Å². The molecule has 7 heteroatoms. The van der Waals surface area contributed by atoms with Crippen molar-refractivity contribution in [1.29, 1.82) is 0 Å². The maximum atomic E-state index is 12.7. The number of anilines is 1. The number of amides is 2. The summed E-state index contributed by atoms with van der Waals surface area (Å²) < 4.78 is 30.4. The van der Waals surface area contributed by atoms with Crippen molar-refractivity contribution < 1.29 is 17.9 Å². The molecule has 0 spiro atoms. The summed E-state index contributed by atoms with van der Waals surface area (Å²) in [4.78, 5) is 14.1. The Balaban J connectivity index is 1.58. The van der Waals surface area contributed by atoms with Gasteiger partial charge < -0.3 is 15.0 Å². The third-order valence-corrected chi connectivity index (χ3v) is 7.07. The van der Waals surface area contributed by atoms with E-state index in [0.29, 0.717) is 11.4 Å². The maximum absolute atomic E-state index is 12.7. The molecular weight excluding hydrogens is 376 g/mol. The average molecular weight is 403 g/mol. The highest BCUT2D eigenvalue weighted by Crippen LogP contribution is 2.27. The number of methoxy groups -OCH3 is 1. The summed E-state index contributed by atoms with van der Waals surface area (Å²) >= 11 is 0. The Morgan fingerprint density at radius 3 is 2.11 bits per heavy atom. The van der Waals surface area contributed by atoms with Crippen molar-refractivity contribution in [3.05, 3.63) is 54.1 Å². The average Bonchev–Trinajstić information content (AvgIpc) is 2.60. The minimum atomic E-state index is -3.47. The van der Waals surface area contributed by atoms with Crippen LogP contribution in [0.1, 0.15) is 26.3 Å². The van der Waals surface area contributed by atoms with Gasteiger partial charge in [0, 0.05) is 18.8 Å². The summed E-state index contributed by atoms with van der Waals surface area (Å²) in [5.74, 6) is 0.603. The van der Waals surface area contributed by atoms with E-state index in [1.807, 2.05) is 24.3 Å². The molecule has 1 heterocycles. The lowest BCUT2D eigenvalue weighted by Gasteiger charge is -2.38. The number of urea groups is 1. The van der Waals surface area contributed by atoms with Crippen LogP contribution in [0.25, 0.3) is 0 Å². The summed E-state index contributed by atoms with van der Waals surface area (Å²) in [5.41, 5.74) is 1.92. The van der Waals surface area contributed by atoms with Crippen LogP contribution in [0.5, 0.6) is 5.75 Å². The van der Waals surface area contributed by atoms with E-state index in [9.17, 15) is 13.2 Å². The van der Waals surface area contributed by atoms with Crippen LogP contribution in [-0.2, 0) is 15.3 Å². The van der Waals surface area contributed by atoms with Gasteiger partial charge in [-0.25, -0.2) is 13.2 Å². The highest BCUT2D eigenvalue weighted by molar-refractivity contribution is 7.92. The Morgan fingerprint density at radius 2 is 1.61 bits per heavy atom. The Labute approximate surface area is 166 Å². The molecule has 0 radical (unpaired) electrons. The first-order valence-corrected chi connectivity index (χ1v) is 10.7. The summed E-state index contributed by atoms with van der Waals surface area (Å²) in [7, 11) is -1.94. The number of nitrogens with one attached hydrogen (secondary N) is 1. The fourth-order valence-electron chi connectivity index (χ4n) is 3.01. The zero-order valence-electron chi connectivity index (χ0n) is 16.6. The van der Waals surface area contributed by atoms with Crippen molar-refractivity contribution in [1.82, 2.24) is 4.90 Å². The first-order valence-electron chi connectivity index (χ1n) is 9.15. The third kappa shape index (κ3) is 4.14. The normalized spacial score (nSPS) is 15.1. The van der Waals surface area contributed by atoms with Crippen molar-refractivity contribution in [3.63, 3.8) is 0 Å². The molecule has 1 saturated heterocycles. The Kier molecular flexibility index (Phi) is 5.39. The van der Waals surface area contributed by atoms with E-state index in [1.54, 1.807) is 12.1 Å². The van der Waals surface area contributed by atoms with Gasteiger partial charge in [-0.2, -0.15) is 0 Å². The van der Waals surface area contributed by atoms with Crippen LogP contribution in [0, 0.1) is 0 Å². The van der Waals surface area contributed by atoms with E-state index in [4.69, 9.17) is 4.74 Å². The number of likely N-dealkylation sites (tertiary alicyclic amines) is 1. The molecule has 1 aliphatic rings. The van der Waals surface area contributed by atoms with Gasteiger partial charge in [0.2, 0.25) is 0 Å². The SMILES string of the molecule is COc1ccc(S(=O)(=O)C2CN(C(=O)Nc3ccc(C(C)(C)C)cc3)C2)cc1. The molecule has 150 valence electrons. The number of benzene rings is 2. The monoisotopic (exact) mass is 402 g/mol. The first kappa shape index (κ1) is 20.2. The maximum Gasteiger partial charge on any atom is 0.321 e. The second-order valence-corrected chi connectivity index (χ2v) is 10.2. The van der Waals surface area contributed by atoms with E-state index >= 15 is 0 Å².